The number of amides is 1. The first-order valence-electron chi connectivity index (χ1n) is 14.4. The van der Waals surface area contributed by atoms with Crippen molar-refractivity contribution >= 4 is 11.9 Å². The largest absolute Gasteiger partial charge is 0.493 e. The monoisotopic (exact) mass is 526 g/mol. The highest BCUT2D eigenvalue weighted by molar-refractivity contribution is 5.71. The number of aromatic nitrogens is 1. The van der Waals surface area contributed by atoms with E-state index in [4.69, 9.17) is 9.47 Å². The van der Waals surface area contributed by atoms with Crippen LogP contribution in [0.5, 0.6) is 11.5 Å². The molecule has 0 radical (unpaired) electrons. The lowest BCUT2D eigenvalue weighted by molar-refractivity contribution is 0.182. The predicted molar refractivity (Wildman–Crippen MR) is 153 cm³/mol. The standard InChI is InChI=1S/C32H38N4O3/c37-32(39-28-12-8-26(9-13-28)25-4-2-1-3-5-25)34-27-10-6-24(7-11-27)15-18-35-19-21-36(22-20-35)31-29-16-23-38-30(29)14-17-33-31/h1-5,8-9,12-14,17,24,27H,6-7,10-11,15-16,18-23H2,(H,34,37). The minimum atomic E-state index is -0.353. The van der Waals surface area contributed by atoms with E-state index in [0.29, 0.717) is 5.75 Å². The van der Waals surface area contributed by atoms with Crippen LogP contribution >= 0.6 is 0 Å². The Morgan fingerprint density at radius 2 is 1.67 bits per heavy atom. The zero-order valence-electron chi connectivity index (χ0n) is 22.6. The van der Waals surface area contributed by atoms with Gasteiger partial charge in [0.05, 0.1) is 6.61 Å². The fraction of sp³-hybridized carbons (Fsp3) is 0.438. The van der Waals surface area contributed by atoms with Crippen molar-refractivity contribution in [3.63, 3.8) is 0 Å². The van der Waals surface area contributed by atoms with E-state index in [-0.39, 0.29) is 12.1 Å². The van der Waals surface area contributed by atoms with Crippen molar-refractivity contribution in [2.24, 2.45) is 5.92 Å². The fourth-order valence-corrected chi connectivity index (χ4v) is 6.16. The Labute approximate surface area is 231 Å². The molecule has 1 N–H and O–H groups in total. The average Bonchev–Trinajstić information content (AvgIpc) is 3.47. The highest BCUT2D eigenvalue weighted by atomic mass is 16.6. The second-order valence-electron chi connectivity index (χ2n) is 11.0. The summed E-state index contributed by atoms with van der Waals surface area (Å²) in [6.07, 6.45) is 8.09. The van der Waals surface area contributed by atoms with E-state index in [1.807, 2.05) is 54.7 Å². The summed E-state index contributed by atoms with van der Waals surface area (Å²) >= 11 is 0. The Morgan fingerprint density at radius 3 is 2.44 bits per heavy atom. The molecule has 3 aromatic rings. The van der Waals surface area contributed by atoms with E-state index < -0.39 is 0 Å². The smallest absolute Gasteiger partial charge is 0.412 e. The van der Waals surface area contributed by atoms with Crippen molar-refractivity contribution in [1.29, 1.82) is 0 Å². The highest BCUT2D eigenvalue weighted by Gasteiger charge is 2.26. The number of carbonyl (C=O) groups is 1. The van der Waals surface area contributed by atoms with Crippen molar-refractivity contribution < 1.29 is 14.3 Å². The molecular weight excluding hydrogens is 488 g/mol. The molecule has 0 bridgehead atoms. The molecule has 2 fully saturated rings. The first-order chi connectivity index (χ1) is 19.2. The van der Waals surface area contributed by atoms with E-state index in [2.05, 4.69) is 32.2 Å². The third kappa shape index (κ3) is 6.36. The van der Waals surface area contributed by atoms with Crippen LogP contribution in [0.15, 0.2) is 66.9 Å². The van der Waals surface area contributed by atoms with Gasteiger partial charge in [0.2, 0.25) is 0 Å². The van der Waals surface area contributed by atoms with Gasteiger partial charge < -0.3 is 19.7 Å². The van der Waals surface area contributed by atoms with Crippen LogP contribution in [0.25, 0.3) is 11.1 Å². The molecule has 0 spiro atoms. The minimum absolute atomic E-state index is 0.199. The third-order valence-corrected chi connectivity index (χ3v) is 8.47. The summed E-state index contributed by atoms with van der Waals surface area (Å²) < 4.78 is 11.3. The number of ether oxygens (including phenoxy) is 2. The van der Waals surface area contributed by atoms with Gasteiger partial charge in [-0.2, -0.15) is 0 Å². The SMILES string of the molecule is O=C(NC1CCC(CCN2CCN(c3nccc4c3CCO4)CC2)CC1)Oc1ccc(-c2ccccc2)cc1. The van der Waals surface area contributed by atoms with Crippen LogP contribution in [0, 0.1) is 5.92 Å². The summed E-state index contributed by atoms with van der Waals surface area (Å²) in [4.78, 5) is 22.2. The van der Waals surface area contributed by atoms with E-state index in [9.17, 15) is 4.79 Å². The number of benzene rings is 2. The molecule has 1 amide bonds. The summed E-state index contributed by atoms with van der Waals surface area (Å²) in [5.74, 6) is 3.44. The van der Waals surface area contributed by atoms with Gasteiger partial charge in [0.1, 0.15) is 17.3 Å². The molecule has 3 aliphatic rings. The summed E-state index contributed by atoms with van der Waals surface area (Å²) in [5, 5.41) is 3.09. The van der Waals surface area contributed by atoms with E-state index >= 15 is 0 Å². The molecule has 1 aliphatic carbocycles. The van der Waals surface area contributed by atoms with Crippen LogP contribution in [-0.4, -0.2) is 61.3 Å². The van der Waals surface area contributed by atoms with Crippen LogP contribution in [-0.2, 0) is 6.42 Å². The number of pyridine rings is 1. The number of piperazine rings is 1. The van der Waals surface area contributed by atoms with Crippen molar-refractivity contribution in [3.05, 3.63) is 72.4 Å². The Kier molecular flexibility index (Phi) is 7.95. The molecule has 1 aromatic heterocycles. The fourth-order valence-electron chi connectivity index (χ4n) is 6.16. The summed E-state index contributed by atoms with van der Waals surface area (Å²) in [6, 6.07) is 20.1. The van der Waals surface area contributed by atoms with Crippen molar-refractivity contribution in [3.8, 4) is 22.6 Å². The van der Waals surface area contributed by atoms with Gasteiger partial charge >= 0.3 is 6.09 Å². The molecule has 0 atom stereocenters. The average molecular weight is 527 g/mol. The van der Waals surface area contributed by atoms with Crippen LogP contribution in [0.3, 0.4) is 0 Å². The number of carbonyl (C=O) groups excluding carboxylic acids is 1. The lowest BCUT2D eigenvalue weighted by atomic mass is 9.84. The zero-order chi connectivity index (χ0) is 26.4. The molecule has 7 nitrogen and oxygen atoms in total. The molecule has 204 valence electrons. The number of rotatable bonds is 7. The molecule has 0 unspecified atom stereocenters. The number of hydrogen-bond acceptors (Lipinski definition) is 6. The second-order valence-corrected chi connectivity index (χ2v) is 11.0. The van der Waals surface area contributed by atoms with Crippen LogP contribution in [0.1, 0.15) is 37.7 Å². The van der Waals surface area contributed by atoms with Gasteiger partial charge in [0.25, 0.3) is 0 Å². The molecule has 1 saturated carbocycles. The summed E-state index contributed by atoms with van der Waals surface area (Å²) in [5.41, 5.74) is 3.53. The number of nitrogens with one attached hydrogen (secondary N) is 1. The Morgan fingerprint density at radius 1 is 0.923 bits per heavy atom. The van der Waals surface area contributed by atoms with Gasteiger partial charge in [-0.3, -0.25) is 4.90 Å². The van der Waals surface area contributed by atoms with Gasteiger partial charge in [0, 0.05) is 50.4 Å². The number of nitrogens with zero attached hydrogens (tertiary/aromatic N) is 3. The van der Waals surface area contributed by atoms with Crippen LogP contribution in [0.2, 0.25) is 0 Å². The maximum Gasteiger partial charge on any atom is 0.412 e. The van der Waals surface area contributed by atoms with Gasteiger partial charge in [-0.1, -0.05) is 42.5 Å². The maximum atomic E-state index is 12.5. The highest BCUT2D eigenvalue weighted by Crippen LogP contribution is 2.33. The van der Waals surface area contributed by atoms with Crippen molar-refractivity contribution in [1.82, 2.24) is 15.2 Å². The topological polar surface area (TPSA) is 66.9 Å². The Balaban J connectivity index is 0.887. The lowest BCUT2D eigenvalue weighted by Crippen LogP contribution is -2.47. The van der Waals surface area contributed by atoms with Gasteiger partial charge in [-0.25, -0.2) is 9.78 Å². The summed E-state index contributed by atoms with van der Waals surface area (Å²) in [7, 11) is 0. The molecule has 3 heterocycles. The van der Waals surface area contributed by atoms with E-state index in [1.165, 1.54) is 12.0 Å². The Bertz CT molecular complexity index is 1230. The first kappa shape index (κ1) is 25.7. The van der Waals surface area contributed by atoms with Crippen LogP contribution < -0.4 is 19.7 Å². The Hall–Kier alpha value is -3.58. The second kappa shape index (κ2) is 12.1. The van der Waals surface area contributed by atoms with Crippen LogP contribution in [0.4, 0.5) is 10.6 Å². The van der Waals surface area contributed by atoms with Gasteiger partial charge in [-0.05, 0) is 73.9 Å². The van der Waals surface area contributed by atoms with Crippen molar-refractivity contribution in [2.75, 3.05) is 44.2 Å². The maximum absolute atomic E-state index is 12.5. The molecule has 2 aromatic carbocycles. The predicted octanol–water partition coefficient (Wildman–Crippen LogP) is 5.54. The van der Waals surface area contributed by atoms with Gasteiger partial charge in [-0.15, -0.1) is 0 Å². The quantitative estimate of drug-likeness (QED) is 0.436. The van der Waals surface area contributed by atoms with E-state index in [0.717, 1.165) is 100 Å². The van der Waals surface area contributed by atoms with Gasteiger partial charge in [0.15, 0.2) is 0 Å². The van der Waals surface area contributed by atoms with Crippen molar-refractivity contribution in [2.45, 2.75) is 44.6 Å². The first-order valence-corrected chi connectivity index (χ1v) is 14.4. The molecule has 6 rings (SSSR count). The molecular formula is C32H38N4O3. The molecule has 39 heavy (non-hydrogen) atoms. The number of fused-ring (bicyclic) bond motifs is 1. The molecule has 1 saturated heterocycles. The number of hydrogen-bond donors (Lipinski definition) is 1. The molecule has 2 aliphatic heterocycles. The molecule has 7 heteroatoms. The minimum Gasteiger partial charge on any atom is -0.493 e. The normalized spacial score (nSPS) is 21.2. The zero-order valence-corrected chi connectivity index (χ0v) is 22.6. The number of anilines is 1. The summed E-state index contributed by atoms with van der Waals surface area (Å²) in [6.45, 7) is 6.15. The lowest BCUT2D eigenvalue weighted by Gasteiger charge is -2.37. The third-order valence-electron chi connectivity index (χ3n) is 8.47. The van der Waals surface area contributed by atoms with E-state index in [1.54, 1.807) is 0 Å².